The van der Waals surface area contributed by atoms with Gasteiger partial charge in [-0.3, -0.25) is 4.79 Å². The number of nitrogens with zero attached hydrogens (tertiary/aromatic N) is 1. The second kappa shape index (κ2) is 5.85. The van der Waals surface area contributed by atoms with Gasteiger partial charge in [0, 0.05) is 13.0 Å². The highest BCUT2D eigenvalue weighted by Gasteiger charge is 2.32. The van der Waals surface area contributed by atoms with E-state index in [2.05, 4.69) is 31.2 Å². The van der Waals surface area contributed by atoms with Crippen molar-refractivity contribution < 1.29 is 4.79 Å². The summed E-state index contributed by atoms with van der Waals surface area (Å²) >= 11 is 0. The molecule has 2 nitrogen and oxygen atoms in total. The second-order valence-electron chi connectivity index (χ2n) is 5.01. The van der Waals surface area contributed by atoms with Crippen LogP contribution in [0.25, 0.3) is 0 Å². The highest BCUT2D eigenvalue weighted by atomic mass is 16.2. The van der Waals surface area contributed by atoms with Gasteiger partial charge in [-0.15, -0.1) is 0 Å². The molecule has 0 N–H and O–H groups in total. The van der Waals surface area contributed by atoms with Gasteiger partial charge in [0.15, 0.2) is 0 Å². The average Bonchev–Trinajstić information content (AvgIpc) is 2.78. The Bertz CT molecular complexity index is 424. The van der Waals surface area contributed by atoms with Crippen LogP contribution in [-0.2, 0) is 4.79 Å². The topological polar surface area (TPSA) is 20.3 Å². The molecule has 2 atom stereocenters. The molecule has 1 aliphatic rings. The van der Waals surface area contributed by atoms with Gasteiger partial charge in [0.05, 0.1) is 6.04 Å². The second-order valence-corrected chi connectivity index (χ2v) is 5.01. The van der Waals surface area contributed by atoms with E-state index in [0.717, 1.165) is 13.0 Å². The number of hydrogen-bond donors (Lipinski definition) is 0. The van der Waals surface area contributed by atoms with E-state index in [0.29, 0.717) is 18.2 Å². The Hall–Kier alpha value is -1.57. The lowest BCUT2D eigenvalue weighted by Crippen LogP contribution is -2.28. The highest BCUT2D eigenvalue weighted by molar-refractivity contribution is 5.79. The maximum Gasteiger partial charge on any atom is 0.223 e. The Morgan fingerprint density at radius 3 is 2.78 bits per heavy atom. The maximum absolute atomic E-state index is 12.1. The summed E-state index contributed by atoms with van der Waals surface area (Å²) in [6.07, 6.45) is 5.93. The van der Waals surface area contributed by atoms with Gasteiger partial charge in [-0.2, -0.15) is 0 Å². The van der Waals surface area contributed by atoms with Gasteiger partial charge >= 0.3 is 0 Å². The van der Waals surface area contributed by atoms with Crippen molar-refractivity contribution in [1.82, 2.24) is 4.90 Å². The van der Waals surface area contributed by atoms with E-state index in [1.54, 1.807) is 0 Å². The van der Waals surface area contributed by atoms with E-state index >= 15 is 0 Å². The third-order valence-corrected chi connectivity index (χ3v) is 3.69. The van der Waals surface area contributed by atoms with Crippen LogP contribution in [0.2, 0.25) is 0 Å². The van der Waals surface area contributed by atoms with Gasteiger partial charge in [0.25, 0.3) is 0 Å². The number of carbonyl (C=O) groups is 1. The van der Waals surface area contributed by atoms with Gasteiger partial charge in [-0.05, 0) is 31.7 Å². The zero-order valence-corrected chi connectivity index (χ0v) is 11.2. The predicted molar refractivity (Wildman–Crippen MR) is 74.1 cm³/mol. The number of amides is 1. The first-order valence-corrected chi connectivity index (χ1v) is 6.68. The summed E-state index contributed by atoms with van der Waals surface area (Å²) < 4.78 is 0. The quantitative estimate of drug-likeness (QED) is 0.740. The average molecular weight is 243 g/mol. The fraction of sp³-hybridized carbons (Fsp3) is 0.438. The molecular weight excluding hydrogens is 222 g/mol. The number of hydrogen-bond acceptors (Lipinski definition) is 1. The van der Waals surface area contributed by atoms with Crippen LogP contribution in [0.5, 0.6) is 0 Å². The first-order valence-electron chi connectivity index (χ1n) is 6.68. The Morgan fingerprint density at radius 1 is 1.39 bits per heavy atom. The third-order valence-electron chi connectivity index (χ3n) is 3.69. The maximum atomic E-state index is 12.1. The summed E-state index contributed by atoms with van der Waals surface area (Å²) in [6.45, 7) is 5.03. The predicted octanol–water partition coefficient (Wildman–Crippen LogP) is 3.56. The molecular formula is C16H21NO. The summed E-state index contributed by atoms with van der Waals surface area (Å²) in [5, 5.41) is 0. The molecule has 0 aliphatic carbocycles. The minimum Gasteiger partial charge on any atom is -0.336 e. The summed E-state index contributed by atoms with van der Waals surface area (Å²) in [7, 11) is 0. The van der Waals surface area contributed by atoms with Crippen molar-refractivity contribution in [3.63, 3.8) is 0 Å². The molecule has 1 aromatic carbocycles. The van der Waals surface area contributed by atoms with Crippen molar-refractivity contribution in [3.8, 4) is 0 Å². The Morgan fingerprint density at radius 2 is 2.11 bits per heavy atom. The number of rotatable bonds is 4. The van der Waals surface area contributed by atoms with Gasteiger partial charge < -0.3 is 4.90 Å². The van der Waals surface area contributed by atoms with Crippen LogP contribution < -0.4 is 0 Å². The first-order chi connectivity index (χ1) is 8.72. The SMILES string of the molecule is C/C=C\CC1CC(=O)N(C(C)c2ccccc2)C1. The number of allylic oxidation sites excluding steroid dienone is 2. The molecule has 0 radical (unpaired) electrons. The minimum atomic E-state index is 0.189. The van der Waals surface area contributed by atoms with Gasteiger partial charge in [0.1, 0.15) is 0 Å². The molecule has 0 spiro atoms. The van der Waals surface area contributed by atoms with E-state index in [9.17, 15) is 4.79 Å². The number of likely N-dealkylation sites (tertiary alicyclic amines) is 1. The fourth-order valence-electron chi connectivity index (χ4n) is 2.58. The summed E-state index contributed by atoms with van der Waals surface area (Å²) in [6, 6.07) is 10.5. The lowest BCUT2D eigenvalue weighted by Gasteiger charge is -2.25. The van der Waals surface area contributed by atoms with Gasteiger partial charge in [-0.1, -0.05) is 42.5 Å². The molecule has 1 aromatic rings. The van der Waals surface area contributed by atoms with E-state index in [1.165, 1.54) is 5.56 Å². The van der Waals surface area contributed by atoms with Gasteiger partial charge in [0.2, 0.25) is 5.91 Å². The van der Waals surface area contributed by atoms with E-state index in [4.69, 9.17) is 0 Å². The molecule has 0 saturated carbocycles. The van der Waals surface area contributed by atoms with E-state index in [-0.39, 0.29) is 6.04 Å². The molecule has 0 aromatic heterocycles. The van der Waals surface area contributed by atoms with E-state index < -0.39 is 0 Å². The van der Waals surface area contributed by atoms with Crippen LogP contribution in [0.15, 0.2) is 42.5 Å². The van der Waals surface area contributed by atoms with Crippen LogP contribution in [0.1, 0.15) is 38.3 Å². The first kappa shape index (κ1) is 12.9. The summed E-state index contributed by atoms with van der Waals surface area (Å²) in [5.41, 5.74) is 1.22. The zero-order chi connectivity index (χ0) is 13.0. The zero-order valence-electron chi connectivity index (χ0n) is 11.2. The summed E-state index contributed by atoms with van der Waals surface area (Å²) in [5.74, 6) is 0.778. The number of benzene rings is 1. The van der Waals surface area contributed by atoms with Crippen molar-refractivity contribution >= 4 is 5.91 Å². The Balaban J connectivity index is 2.03. The van der Waals surface area contributed by atoms with E-state index in [1.807, 2.05) is 30.0 Å². The van der Waals surface area contributed by atoms with Crippen molar-refractivity contribution in [2.24, 2.45) is 5.92 Å². The van der Waals surface area contributed by atoms with Crippen LogP contribution in [0.3, 0.4) is 0 Å². The molecule has 1 amide bonds. The van der Waals surface area contributed by atoms with Crippen LogP contribution in [0.4, 0.5) is 0 Å². The molecule has 1 aliphatic heterocycles. The highest BCUT2D eigenvalue weighted by Crippen LogP contribution is 2.29. The smallest absolute Gasteiger partial charge is 0.223 e. The standard InChI is InChI=1S/C16H21NO/c1-3-4-8-14-11-16(18)17(12-14)13(2)15-9-6-5-7-10-15/h3-7,9-10,13-14H,8,11-12H2,1-2H3/b4-3-. The Kier molecular flexibility index (Phi) is 4.19. The molecule has 1 saturated heterocycles. The van der Waals surface area contributed by atoms with Gasteiger partial charge in [-0.25, -0.2) is 0 Å². The van der Waals surface area contributed by atoms with Crippen molar-refractivity contribution in [1.29, 1.82) is 0 Å². The van der Waals surface area contributed by atoms with Crippen LogP contribution in [0, 0.1) is 5.92 Å². The molecule has 1 fully saturated rings. The van der Waals surface area contributed by atoms with Crippen LogP contribution >= 0.6 is 0 Å². The largest absolute Gasteiger partial charge is 0.336 e. The van der Waals surface area contributed by atoms with Crippen LogP contribution in [-0.4, -0.2) is 17.4 Å². The summed E-state index contributed by atoms with van der Waals surface area (Å²) in [4.78, 5) is 14.1. The molecule has 2 unspecified atom stereocenters. The molecule has 2 heteroatoms. The molecule has 1 heterocycles. The molecule has 96 valence electrons. The van der Waals surface area contributed by atoms with Crippen molar-refractivity contribution in [2.75, 3.05) is 6.54 Å². The van der Waals surface area contributed by atoms with Crippen molar-refractivity contribution in [2.45, 2.75) is 32.7 Å². The third kappa shape index (κ3) is 2.81. The van der Waals surface area contributed by atoms with Crippen molar-refractivity contribution in [3.05, 3.63) is 48.0 Å². The lowest BCUT2D eigenvalue weighted by molar-refractivity contribution is -0.129. The Labute approximate surface area is 109 Å². The molecule has 0 bridgehead atoms. The molecule has 2 rings (SSSR count). The number of carbonyl (C=O) groups excluding carboxylic acids is 1. The monoisotopic (exact) mass is 243 g/mol. The lowest BCUT2D eigenvalue weighted by atomic mass is 10.0. The minimum absolute atomic E-state index is 0.189. The normalized spacial score (nSPS) is 21.8. The molecule has 18 heavy (non-hydrogen) atoms. The fourth-order valence-corrected chi connectivity index (χ4v) is 2.58.